The molecule has 1 saturated heterocycles. The van der Waals surface area contributed by atoms with Crippen molar-refractivity contribution in [2.45, 2.75) is 24.8 Å². The van der Waals surface area contributed by atoms with Gasteiger partial charge in [-0.25, -0.2) is 14.8 Å². The summed E-state index contributed by atoms with van der Waals surface area (Å²) in [6, 6.07) is 12.8. The van der Waals surface area contributed by atoms with Crippen molar-refractivity contribution in [3.8, 4) is 23.1 Å². The molecule has 5 rings (SSSR count). The number of nitrogens with zero attached hydrogens (tertiary/aromatic N) is 5. The summed E-state index contributed by atoms with van der Waals surface area (Å²) >= 11 is 6.46. The number of aromatic nitrogens is 4. The maximum Gasteiger partial charge on any atom is 0.412 e. The molecule has 1 aliphatic heterocycles. The van der Waals surface area contributed by atoms with Crippen molar-refractivity contribution in [2.75, 3.05) is 61.6 Å². The standard InChI is InChI=1S/C31H34ClN7O8S/c1-20(2)21-7-10-26(34-19-21)48(41,42)38-28-27(47-24-18-22(43-3)8-9-23(24)32)29(37-30(36-28)39-12-14-44-15-13-39)45-16-17-46-31(40)35-25-6-4-5-11-33-25/h4-11,18-20H,12-17H2,1-3H3,(H,33,35,40)(H,36,37,38). The zero-order valence-electron chi connectivity index (χ0n) is 26.4. The minimum atomic E-state index is -4.30. The van der Waals surface area contributed by atoms with E-state index >= 15 is 0 Å². The maximum atomic E-state index is 13.7. The van der Waals surface area contributed by atoms with Gasteiger partial charge in [0.25, 0.3) is 15.9 Å². The number of benzene rings is 1. The Kier molecular flexibility index (Phi) is 11.3. The van der Waals surface area contributed by atoms with Gasteiger partial charge in [0.05, 0.1) is 25.3 Å². The predicted octanol–water partition coefficient (Wildman–Crippen LogP) is 5.11. The number of rotatable bonds is 13. The van der Waals surface area contributed by atoms with Crippen LogP contribution in [0.2, 0.25) is 5.02 Å². The number of carbonyl (C=O) groups is 1. The van der Waals surface area contributed by atoms with Gasteiger partial charge in [0.1, 0.15) is 30.5 Å². The van der Waals surface area contributed by atoms with E-state index in [1.165, 1.54) is 31.6 Å². The molecule has 4 aromatic rings. The molecule has 48 heavy (non-hydrogen) atoms. The number of methoxy groups -OCH3 is 1. The Morgan fingerprint density at radius 1 is 1.06 bits per heavy atom. The van der Waals surface area contributed by atoms with E-state index in [9.17, 15) is 13.2 Å². The van der Waals surface area contributed by atoms with Crippen molar-refractivity contribution in [1.82, 2.24) is 19.9 Å². The fourth-order valence-corrected chi connectivity index (χ4v) is 5.40. The lowest BCUT2D eigenvalue weighted by Gasteiger charge is -2.28. The Balaban J connectivity index is 1.49. The third-order valence-corrected chi connectivity index (χ3v) is 8.42. The monoisotopic (exact) mass is 699 g/mol. The molecule has 15 nitrogen and oxygen atoms in total. The summed E-state index contributed by atoms with van der Waals surface area (Å²) < 4.78 is 58.0. The van der Waals surface area contributed by atoms with Gasteiger partial charge in [0.15, 0.2) is 10.8 Å². The van der Waals surface area contributed by atoms with Crippen molar-refractivity contribution in [3.05, 3.63) is 71.5 Å². The second kappa shape index (κ2) is 15.8. The summed E-state index contributed by atoms with van der Waals surface area (Å²) in [4.78, 5) is 31.4. The Morgan fingerprint density at radius 3 is 2.56 bits per heavy atom. The molecular formula is C31H34ClN7O8S. The molecule has 4 heterocycles. The van der Waals surface area contributed by atoms with E-state index in [1.807, 2.05) is 18.7 Å². The normalized spacial score (nSPS) is 13.1. The third-order valence-electron chi connectivity index (χ3n) is 6.85. The molecule has 3 aromatic heterocycles. The van der Waals surface area contributed by atoms with Gasteiger partial charge < -0.3 is 28.6 Å². The molecular weight excluding hydrogens is 666 g/mol. The summed E-state index contributed by atoms with van der Waals surface area (Å²) in [5.74, 6) is 0.530. The van der Waals surface area contributed by atoms with E-state index in [-0.39, 0.29) is 58.3 Å². The van der Waals surface area contributed by atoms with Crippen LogP contribution in [0.4, 0.5) is 22.4 Å². The Labute approximate surface area is 282 Å². The van der Waals surface area contributed by atoms with E-state index in [2.05, 4.69) is 30.0 Å². The fourth-order valence-electron chi connectivity index (χ4n) is 4.30. The van der Waals surface area contributed by atoms with Crippen molar-refractivity contribution in [3.63, 3.8) is 0 Å². The Hall–Kier alpha value is -4.93. The zero-order valence-corrected chi connectivity index (χ0v) is 28.0. The van der Waals surface area contributed by atoms with Gasteiger partial charge in [-0.1, -0.05) is 37.6 Å². The highest BCUT2D eigenvalue weighted by Crippen LogP contribution is 2.42. The molecule has 1 fully saturated rings. The molecule has 254 valence electrons. The van der Waals surface area contributed by atoms with E-state index in [0.717, 1.165) is 5.56 Å². The van der Waals surface area contributed by atoms with E-state index in [0.29, 0.717) is 37.9 Å². The lowest BCUT2D eigenvalue weighted by Crippen LogP contribution is -2.37. The quantitative estimate of drug-likeness (QED) is 0.176. The highest BCUT2D eigenvalue weighted by atomic mass is 35.5. The number of hydrogen-bond donors (Lipinski definition) is 2. The lowest BCUT2D eigenvalue weighted by molar-refractivity contribution is 0.121. The summed E-state index contributed by atoms with van der Waals surface area (Å²) in [5, 5.41) is 2.46. The number of amides is 1. The van der Waals surface area contributed by atoms with Crippen molar-refractivity contribution < 1.29 is 36.9 Å². The van der Waals surface area contributed by atoms with Crippen molar-refractivity contribution in [2.24, 2.45) is 0 Å². The van der Waals surface area contributed by atoms with E-state index in [1.54, 1.807) is 36.4 Å². The van der Waals surface area contributed by atoms with Gasteiger partial charge in [-0.05, 0) is 41.8 Å². The average molecular weight is 700 g/mol. The number of anilines is 3. The SMILES string of the molecule is COc1ccc(Cl)c(Oc2c(NS(=O)(=O)c3ccc(C(C)C)cn3)nc(N3CCOCC3)nc2OCCOC(=O)Nc2ccccn2)c1. The highest BCUT2D eigenvalue weighted by molar-refractivity contribution is 7.92. The van der Waals surface area contributed by atoms with Crippen molar-refractivity contribution in [1.29, 1.82) is 0 Å². The van der Waals surface area contributed by atoms with Crippen molar-refractivity contribution >= 4 is 45.3 Å². The van der Waals surface area contributed by atoms with Gasteiger partial charge in [-0.15, -0.1) is 0 Å². The number of nitrogens with one attached hydrogen (secondary N) is 2. The number of halogens is 1. The van der Waals surface area contributed by atoms with Crippen LogP contribution >= 0.6 is 11.6 Å². The molecule has 0 saturated carbocycles. The van der Waals surface area contributed by atoms with Gasteiger partial charge >= 0.3 is 6.09 Å². The first-order chi connectivity index (χ1) is 23.1. The van der Waals surface area contributed by atoms with Gasteiger partial charge in [0, 0.05) is 31.5 Å². The van der Waals surface area contributed by atoms with Crippen LogP contribution in [-0.4, -0.2) is 81.1 Å². The summed E-state index contributed by atoms with van der Waals surface area (Å²) in [6.45, 7) is 5.23. The maximum absolute atomic E-state index is 13.7. The molecule has 0 unspecified atom stereocenters. The predicted molar refractivity (Wildman–Crippen MR) is 177 cm³/mol. The molecule has 0 bridgehead atoms. The lowest BCUT2D eigenvalue weighted by atomic mass is 10.1. The Bertz CT molecular complexity index is 1810. The second-order valence-corrected chi connectivity index (χ2v) is 12.6. The summed E-state index contributed by atoms with van der Waals surface area (Å²) in [5.41, 5.74) is 0.869. The molecule has 0 radical (unpaired) electrons. The molecule has 0 spiro atoms. The first-order valence-corrected chi connectivity index (χ1v) is 16.7. The number of pyridine rings is 2. The average Bonchev–Trinajstić information content (AvgIpc) is 3.09. The minimum absolute atomic E-state index is 0.106. The third kappa shape index (κ3) is 8.90. The molecule has 0 aliphatic carbocycles. The number of carbonyl (C=O) groups excluding carboxylic acids is 1. The highest BCUT2D eigenvalue weighted by Gasteiger charge is 2.28. The number of morpholine rings is 1. The van der Waals surface area contributed by atoms with E-state index < -0.39 is 16.1 Å². The number of sulfonamides is 1. The van der Waals surface area contributed by atoms with Gasteiger partial charge in [-0.2, -0.15) is 18.4 Å². The fraction of sp³-hybridized carbons (Fsp3) is 0.323. The topological polar surface area (TPSA) is 176 Å². The molecule has 2 N–H and O–H groups in total. The minimum Gasteiger partial charge on any atom is -0.497 e. The van der Waals surface area contributed by atoms with Crippen LogP contribution in [0.5, 0.6) is 23.1 Å². The Morgan fingerprint density at radius 2 is 1.88 bits per heavy atom. The second-order valence-electron chi connectivity index (χ2n) is 10.5. The number of hydrogen-bond acceptors (Lipinski definition) is 13. The van der Waals surface area contributed by atoms with Crippen LogP contribution in [0.25, 0.3) is 0 Å². The first-order valence-electron chi connectivity index (χ1n) is 14.9. The largest absolute Gasteiger partial charge is 0.497 e. The molecule has 1 amide bonds. The first kappa shape index (κ1) is 34.4. The smallest absolute Gasteiger partial charge is 0.412 e. The van der Waals surface area contributed by atoms with Gasteiger partial charge in [0.2, 0.25) is 11.7 Å². The van der Waals surface area contributed by atoms with Crippen LogP contribution in [0.3, 0.4) is 0 Å². The number of ether oxygens (including phenoxy) is 5. The molecule has 17 heteroatoms. The summed E-state index contributed by atoms with van der Waals surface area (Å²) in [6.07, 6.45) is 2.28. The molecule has 1 aliphatic rings. The zero-order chi connectivity index (χ0) is 34.1. The van der Waals surface area contributed by atoms with Crippen LogP contribution in [-0.2, 0) is 19.5 Å². The van der Waals surface area contributed by atoms with Crippen LogP contribution in [0, 0.1) is 0 Å². The van der Waals surface area contributed by atoms with E-state index in [4.69, 9.17) is 35.3 Å². The molecule has 1 aromatic carbocycles. The molecule has 0 atom stereocenters. The van der Waals surface area contributed by atoms with Crippen LogP contribution in [0.15, 0.2) is 66.0 Å². The van der Waals surface area contributed by atoms with Gasteiger partial charge in [-0.3, -0.25) is 10.0 Å². The van der Waals surface area contributed by atoms with Crippen LogP contribution < -0.4 is 29.1 Å². The van der Waals surface area contributed by atoms with Crippen LogP contribution in [0.1, 0.15) is 25.3 Å². The summed E-state index contributed by atoms with van der Waals surface area (Å²) in [7, 11) is -2.82.